The molecule has 0 aromatic heterocycles. The lowest BCUT2D eigenvalue weighted by molar-refractivity contribution is -0.142. The molecule has 12 amide bonds. The van der Waals surface area contributed by atoms with Gasteiger partial charge in [0.25, 0.3) is 0 Å². The molecule has 4 fully saturated rings. The number of hydrogen-bond acceptors (Lipinski definition) is 12. The second-order valence-electron chi connectivity index (χ2n) is 16.6. The number of amides is 12. The van der Waals surface area contributed by atoms with E-state index < -0.39 is 147 Å². The van der Waals surface area contributed by atoms with Crippen LogP contribution in [0.4, 0.5) is 0 Å². The van der Waals surface area contributed by atoms with Gasteiger partial charge in [-0.05, 0) is 51.4 Å². The highest BCUT2D eigenvalue weighted by molar-refractivity contribution is 5.99. The van der Waals surface area contributed by atoms with Crippen molar-refractivity contribution in [3.8, 4) is 0 Å². The summed E-state index contributed by atoms with van der Waals surface area (Å²) in [6.45, 7) is -0.884. The van der Waals surface area contributed by atoms with E-state index in [1.54, 1.807) is 4.90 Å². The minimum Gasteiger partial charge on any atom is -0.347 e. The SMILES string of the molecule is CCCCCC1NC(=O)C2(CCCC2)NC(=O)C2CCCN2C(=O)CNC(=O)CNC(=O)CNC(=O)CNC(=O)CNC(=O)CNC(=O)CNC(=O)CC(C(=O)N2CCCCC2)NC1=O. The lowest BCUT2D eigenvalue weighted by Crippen LogP contribution is -2.63. The van der Waals surface area contributed by atoms with E-state index >= 15 is 0 Å². The quantitative estimate of drug-likeness (QED) is 0.116. The van der Waals surface area contributed by atoms with Gasteiger partial charge in [0.15, 0.2) is 0 Å². The average Bonchev–Trinajstić information content (AvgIpc) is 4.00. The second kappa shape index (κ2) is 25.8. The molecule has 0 aromatic rings. The third-order valence-corrected chi connectivity index (χ3v) is 11.6. The van der Waals surface area contributed by atoms with Crippen molar-refractivity contribution < 1.29 is 57.5 Å². The van der Waals surface area contributed by atoms with E-state index in [4.69, 9.17) is 0 Å². The lowest BCUT2D eigenvalue weighted by Gasteiger charge is -2.34. The molecule has 10 N–H and O–H groups in total. The van der Waals surface area contributed by atoms with Crippen molar-refractivity contribution in [3.05, 3.63) is 0 Å². The smallest absolute Gasteiger partial charge is 0.246 e. The van der Waals surface area contributed by atoms with Crippen molar-refractivity contribution in [2.24, 2.45) is 0 Å². The molecular formula is C41H64N12O12. The molecule has 0 aromatic carbocycles. The summed E-state index contributed by atoms with van der Waals surface area (Å²) >= 11 is 0. The predicted molar refractivity (Wildman–Crippen MR) is 228 cm³/mol. The number of unbranched alkanes of at least 4 members (excludes halogenated alkanes) is 2. The summed E-state index contributed by atoms with van der Waals surface area (Å²) in [4.78, 5) is 159. The lowest BCUT2D eigenvalue weighted by atomic mass is 9.94. The Morgan fingerprint density at radius 1 is 0.554 bits per heavy atom. The van der Waals surface area contributed by atoms with Crippen molar-refractivity contribution >= 4 is 70.9 Å². The number of carbonyl (C=O) groups is 12. The van der Waals surface area contributed by atoms with Crippen molar-refractivity contribution in [1.29, 1.82) is 0 Å². The Balaban J connectivity index is 1.52. The standard InChI is InChI=1S/C41H64N12O12/c1-2-3-5-11-26-37(62)49-27(39(64)52-15-8-4-9-16-52)18-29(54)42-19-30(55)43-20-31(56)44-21-32(57)45-22-33(58)46-23-34(59)47-24-35(60)48-25-36(61)53-17-10-12-28(53)38(63)51-41(40(65)50-26)13-6-7-14-41/h26-28H,2-25H2,1H3,(H,42,54)(H,43,55)(H,44,56)(H,45,57)(H,46,58)(H,47,59)(H,48,60)(H,49,62)(H,50,65)(H,51,63). The predicted octanol–water partition coefficient (Wildman–Crippen LogP) is -4.81. The molecular weight excluding hydrogens is 853 g/mol. The van der Waals surface area contributed by atoms with Gasteiger partial charge in [0, 0.05) is 19.6 Å². The fraction of sp³-hybridized carbons (Fsp3) is 0.707. The highest BCUT2D eigenvalue weighted by atomic mass is 16.2. The molecule has 4 rings (SSSR count). The van der Waals surface area contributed by atoms with Crippen molar-refractivity contribution in [2.45, 2.75) is 120 Å². The number of carbonyl (C=O) groups excluding carboxylic acids is 12. The summed E-state index contributed by atoms with van der Waals surface area (Å²) in [6, 6.07) is -3.48. The van der Waals surface area contributed by atoms with Gasteiger partial charge in [-0.2, -0.15) is 0 Å². The van der Waals surface area contributed by atoms with Gasteiger partial charge in [0.2, 0.25) is 70.9 Å². The van der Waals surface area contributed by atoms with Gasteiger partial charge >= 0.3 is 0 Å². The number of hydrogen-bond donors (Lipinski definition) is 10. The Morgan fingerprint density at radius 3 is 1.55 bits per heavy atom. The molecule has 1 aliphatic carbocycles. The van der Waals surface area contributed by atoms with Gasteiger partial charge in [-0.25, -0.2) is 0 Å². The zero-order valence-electron chi connectivity index (χ0n) is 37.0. The normalized spacial score (nSPS) is 24.9. The van der Waals surface area contributed by atoms with E-state index in [0.717, 1.165) is 32.1 Å². The molecule has 3 saturated heterocycles. The van der Waals surface area contributed by atoms with Crippen LogP contribution in [-0.4, -0.2) is 170 Å². The van der Waals surface area contributed by atoms with Gasteiger partial charge in [-0.3, -0.25) is 57.5 Å². The van der Waals surface area contributed by atoms with E-state index in [0.29, 0.717) is 38.8 Å². The molecule has 360 valence electrons. The second-order valence-corrected chi connectivity index (χ2v) is 16.6. The molecule has 1 spiro atoms. The Morgan fingerprint density at radius 2 is 1.05 bits per heavy atom. The summed E-state index contributed by atoms with van der Waals surface area (Å²) < 4.78 is 0. The summed E-state index contributed by atoms with van der Waals surface area (Å²) in [5.41, 5.74) is -1.42. The molecule has 1 saturated carbocycles. The molecule has 3 heterocycles. The van der Waals surface area contributed by atoms with Crippen LogP contribution in [0, 0.1) is 0 Å². The monoisotopic (exact) mass is 916 g/mol. The first-order valence-corrected chi connectivity index (χ1v) is 22.5. The van der Waals surface area contributed by atoms with E-state index in [2.05, 4.69) is 53.2 Å². The Hall–Kier alpha value is -6.36. The number of rotatable bonds is 5. The Labute approximate surface area is 376 Å². The van der Waals surface area contributed by atoms with Crippen LogP contribution in [0.5, 0.6) is 0 Å². The van der Waals surface area contributed by atoms with Crippen LogP contribution < -0.4 is 53.2 Å². The summed E-state index contributed by atoms with van der Waals surface area (Å²) in [7, 11) is 0. The van der Waals surface area contributed by atoms with Crippen molar-refractivity contribution in [2.75, 3.05) is 65.4 Å². The molecule has 4 aliphatic rings. The summed E-state index contributed by atoms with van der Waals surface area (Å²) in [5.74, 6) is -8.32. The van der Waals surface area contributed by atoms with Crippen molar-refractivity contribution in [1.82, 2.24) is 63.0 Å². The maximum atomic E-state index is 14.3. The minimum atomic E-state index is -1.42. The number of fused-ring (bicyclic) bond motifs is 1. The van der Waals surface area contributed by atoms with Crippen LogP contribution in [-0.2, 0) is 57.5 Å². The van der Waals surface area contributed by atoms with E-state index in [1.807, 2.05) is 6.92 Å². The number of likely N-dealkylation sites (tertiary alicyclic amines) is 1. The van der Waals surface area contributed by atoms with Gasteiger partial charge in [-0.15, -0.1) is 0 Å². The molecule has 3 unspecified atom stereocenters. The third kappa shape index (κ3) is 16.6. The van der Waals surface area contributed by atoms with Crippen LogP contribution in [0.15, 0.2) is 0 Å². The third-order valence-electron chi connectivity index (χ3n) is 11.6. The van der Waals surface area contributed by atoms with Gasteiger partial charge < -0.3 is 63.0 Å². The maximum absolute atomic E-state index is 14.3. The first kappa shape index (κ1) is 51.3. The first-order valence-electron chi connectivity index (χ1n) is 22.5. The van der Waals surface area contributed by atoms with Crippen molar-refractivity contribution in [3.63, 3.8) is 0 Å². The van der Waals surface area contributed by atoms with Gasteiger partial charge in [0.05, 0.1) is 52.2 Å². The zero-order valence-corrected chi connectivity index (χ0v) is 37.0. The van der Waals surface area contributed by atoms with Gasteiger partial charge in [0.1, 0.15) is 23.7 Å². The highest BCUT2D eigenvalue weighted by Gasteiger charge is 2.46. The van der Waals surface area contributed by atoms with Crippen LogP contribution in [0.2, 0.25) is 0 Å². The van der Waals surface area contributed by atoms with Gasteiger partial charge in [-0.1, -0.05) is 39.0 Å². The van der Waals surface area contributed by atoms with E-state index in [-0.39, 0.29) is 32.2 Å². The average molecular weight is 917 g/mol. The van der Waals surface area contributed by atoms with Crippen LogP contribution >= 0.6 is 0 Å². The van der Waals surface area contributed by atoms with E-state index in [9.17, 15) is 57.5 Å². The van der Waals surface area contributed by atoms with Crippen LogP contribution in [0.3, 0.4) is 0 Å². The maximum Gasteiger partial charge on any atom is 0.246 e. The van der Waals surface area contributed by atoms with Crippen LogP contribution in [0.25, 0.3) is 0 Å². The summed E-state index contributed by atoms with van der Waals surface area (Å²) in [5, 5.41) is 24.5. The highest BCUT2D eigenvalue weighted by Crippen LogP contribution is 2.31. The molecule has 0 bridgehead atoms. The number of nitrogens with one attached hydrogen (secondary N) is 10. The molecule has 24 nitrogen and oxygen atoms in total. The number of nitrogens with zero attached hydrogens (tertiary/aromatic N) is 2. The minimum absolute atomic E-state index is 0.182. The van der Waals surface area contributed by atoms with Crippen LogP contribution in [0.1, 0.15) is 96.8 Å². The topological polar surface area (TPSA) is 332 Å². The molecule has 65 heavy (non-hydrogen) atoms. The molecule has 3 aliphatic heterocycles. The fourth-order valence-corrected chi connectivity index (χ4v) is 8.00. The zero-order chi connectivity index (χ0) is 47.4. The fourth-order valence-electron chi connectivity index (χ4n) is 8.00. The Kier molecular flexibility index (Phi) is 20.4. The number of piperidine rings is 1. The largest absolute Gasteiger partial charge is 0.347 e. The Bertz CT molecular complexity index is 1800. The molecule has 24 heteroatoms. The molecule has 3 atom stereocenters. The summed E-state index contributed by atoms with van der Waals surface area (Å²) in [6.07, 6.45) is 6.48. The molecule has 0 radical (unpaired) electrons. The van der Waals surface area contributed by atoms with E-state index in [1.165, 1.54) is 4.90 Å². The first-order chi connectivity index (χ1) is 31.1.